The summed E-state index contributed by atoms with van der Waals surface area (Å²) in [6.07, 6.45) is -0.761. The molecule has 0 radical (unpaired) electrons. The van der Waals surface area contributed by atoms with Crippen LogP contribution in [0.3, 0.4) is 0 Å². The van der Waals surface area contributed by atoms with E-state index < -0.39 is 11.9 Å². The number of ether oxygens (including phenoxy) is 2. The maximum absolute atomic E-state index is 9.29. The molecule has 5 nitrogen and oxygen atoms in total. The summed E-state index contributed by atoms with van der Waals surface area (Å²) in [6, 6.07) is 7.67. The van der Waals surface area contributed by atoms with Crippen LogP contribution in [0.5, 0.6) is 0 Å². The lowest BCUT2D eigenvalue weighted by molar-refractivity contribution is -0.149. The Morgan fingerprint density at radius 1 is 1.39 bits per heavy atom. The van der Waals surface area contributed by atoms with Crippen LogP contribution < -0.4 is 5.32 Å². The first kappa shape index (κ1) is 13.3. The van der Waals surface area contributed by atoms with Crippen molar-refractivity contribution in [2.24, 2.45) is 0 Å². The Morgan fingerprint density at radius 2 is 2.11 bits per heavy atom. The van der Waals surface area contributed by atoms with Crippen LogP contribution in [0.4, 0.5) is 5.69 Å². The fourth-order valence-electron chi connectivity index (χ4n) is 1.89. The van der Waals surface area contributed by atoms with Gasteiger partial charge in [0.2, 0.25) is 0 Å². The first-order valence-corrected chi connectivity index (χ1v) is 6.05. The topological polar surface area (TPSA) is 71.0 Å². The second-order valence-electron chi connectivity index (χ2n) is 4.44. The van der Waals surface area contributed by atoms with Crippen molar-refractivity contribution in [2.75, 3.05) is 31.7 Å². The first-order chi connectivity index (χ1) is 8.64. The molecular formula is C13H19NO4. The summed E-state index contributed by atoms with van der Waals surface area (Å²) in [5.41, 5.74) is 1.80. The number of hydrogen-bond donors (Lipinski definition) is 3. The van der Waals surface area contributed by atoms with E-state index in [1.807, 2.05) is 31.2 Å². The van der Waals surface area contributed by atoms with Crippen molar-refractivity contribution in [3.63, 3.8) is 0 Å². The third kappa shape index (κ3) is 3.00. The van der Waals surface area contributed by atoms with Gasteiger partial charge in [-0.2, -0.15) is 0 Å². The van der Waals surface area contributed by atoms with Gasteiger partial charge in [0.05, 0.1) is 25.9 Å². The Labute approximate surface area is 106 Å². The molecule has 100 valence electrons. The number of nitrogens with one attached hydrogen (secondary N) is 1. The Balaban J connectivity index is 2.05. The zero-order valence-electron chi connectivity index (χ0n) is 10.4. The van der Waals surface area contributed by atoms with Gasteiger partial charge in [-0.1, -0.05) is 12.1 Å². The van der Waals surface area contributed by atoms with Crippen molar-refractivity contribution < 1.29 is 19.7 Å². The standard InChI is InChI=1S/C13H19NO4/c1-13(17-5-6-18-13)10-3-2-4-11(7-10)14-8-12(16)9-15/h2-4,7,12,14-16H,5-6,8-9H2,1H3. The van der Waals surface area contributed by atoms with Gasteiger partial charge in [-0.3, -0.25) is 0 Å². The molecule has 0 spiro atoms. The molecule has 1 saturated heterocycles. The van der Waals surface area contributed by atoms with Crippen LogP contribution in [-0.4, -0.2) is 42.7 Å². The molecule has 1 aliphatic heterocycles. The van der Waals surface area contributed by atoms with Crippen LogP contribution in [0.2, 0.25) is 0 Å². The lowest BCUT2D eigenvalue weighted by Crippen LogP contribution is -2.24. The van der Waals surface area contributed by atoms with Gasteiger partial charge in [0.25, 0.3) is 0 Å². The quantitative estimate of drug-likeness (QED) is 0.719. The van der Waals surface area contributed by atoms with Gasteiger partial charge in [-0.25, -0.2) is 0 Å². The third-order valence-corrected chi connectivity index (χ3v) is 2.98. The minimum atomic E-state index is -0.761. The van der Waals surface area contributed by atoms with E-state index in [0.717, 1.165) is 11.3 Å². The number of aliphatic hydroxyl groups excluding tert-OH is 2. The molecule has 0 aromatic heterocycles. The van der Waals surface area contributed by atoms with E-state index in [0.29, 0.717) is 19.8 Å². The van der Waals surface area contributed by atoms with Crippen molar-refractivity contribution in [3.8, 4) is 0 Å². The maximum Gasteiger partial charge on any atom is 0.192 e. The van der Waals surface area contributed by atoms with E-state index in [2.05, 4.69) is 5.32 Å². The largest absolute Gasteiger partial charge is 0.394 e. The number of anilines is 1. The summed E-state index contributed by atoms with van der Waals surface area (Å²) in [4.78, 5) is 0. The van der Waals surface area contributed by atoms with Gasteiger partial charge in [-0.05, 0) is 19.1 Å². The zero-order valence-corrected chi connectivity index (χ0v) is 10.4. The number of rotatable bonds is 5. The summed E-state index contributed by atoms with van der Waals surface area (Å²) in [6.45, 7) is 3.13. The Hall–Kier alpha value is -1.14. The summed E-state index contributed by atoms with van der Waals surface area (Å²) in [7, 11) is 0. The van der Waals surface area contributed by atoms with Crippen molar-refractivity contribution in [1.29, 1.82) is 0 Å². The minimum absolute atomic E-state index is 0.253. The van der Waals surface area contributed by atoms with Gasteiger partial charge in [0, 0.05) is 17.8 Å². The third-order valence-electron chi connectivity index (χ3n) is 2.98. The van der Waals surface area contributed by atoms with E-state index >= 15 is 0 Å². The van der Waals surface area contributed by atoms with E-state index in [1.54, 1.807) is 0 Å². The molecule has 1 fully saturated rings. The lowest BCUT2D eigenvalue weighted by atomic mass is 10.1. The summed E-state index contributed by atoms with van der Waals surface area (Å²) in [5, 5.41) is 21.1. The SMILES string of the molecule is CC1(c2cccc(NCC(O)CO)c2)OCCO1. The predicted octanol–water partition coefficient (Wildman–Crippen LogP) is 0.671. The van der Waals surface area contributed by atoms with Crippen LogP contribution in [0, 0.1) is 0 Å². The van der Waals surface area contributed by atoms with Crippen molar-refractivity contribution in [3.05, 3.63) is 29.8 Å². The Bertz CT molecular complexity index is 390. The lowest BCUT2D eigenvalue weighted by Gasteiger charge is -2.23. The first-order valence-electron chi connectivity index (χ1n) is 6.05. The Kier molecular flexibility index (Phi) is 4.19. The molecule has 1 aromatic rings. The molecule has 3 N–H and O–H groups in total. The number of benzene rings is 1. The summed E-state index contributed by atoms with van der Waals surface area (Å²) >= 11 is 0. The predicted molar refractivity (Wildman–Crippen MR) is 67.3 cm³/mol. The van der Waals surface area contributed by atoms with Crippen LogP contribution in [0.15, 0.2) is 24.3 Å². The average Bonchev–Trinajstić information content (AvgIpc) is 2.84. The molecular weight excluding hydrogens is 234 g/mol. The highest BCUT2D eigenvalue weighted by molar-refractivity contribution is 5.47. The van der Waals surface area contributed by atoms with Crippen LogP contribution >= 0.6 is 0 Å². The molecule has 0 aliphatic carbocycles. The smallest absolute Gasteiger partial charge is 0.192 e. The monoisotopic (exact) mass is 253 g/mol. The van der Waals surface area contributed by atoms with Crippen LogP contribution in [0.25, 0.3) is 0 Å². The molecule has 1 aliphatic rings. The second kappa shape index (κ2) is 5.67. The fraction of sp³-hybridized carbons (Fsp3) is 0.538. The van der Waals surface area contributed by atoms with Gasteiger partial charge in [0.15, 0.2) is 5.79 Å². The summed E-state index contributed by atoms with van der Waals surface area (Å²) < 4.78 is 11.2. The molecule has 2 rings (SSSR count). The maximum atomic E-state index is 9.29. The van der Waals surface area contributed by atoms with E-state index in [-0.39, 0.29) is 6.61 Å². The molecule has 0 saturated carbocycles. The van der Waals surface area contributed by atoms with Crippen molar-refractivity contribution >= 4 is 5.69 Å². The van der Waals surface area contributed by atoms with Crippen molar-refractivity contribution in [1.82, 2.24) is 0 Å². The van der Waals surface area contributed by atoms with Gasteiger partial charge in [-0.15, -0.1) is 0 Å². The molecule has 1 aromatic carbocycles. The van der Waals surface area contributed by atoms with E-state index in [9.17, 15) is 5.11 Å². The number of hydrogen-bond acceptors (Lipinski definition) is 5. The van der Waals surface area contributed by atoms with Gasteiger partial charge in [0.1, 0.15) is 0 Å². The van der Waals surface area contributed by atoms with Crippen LogP contribution in [0.1, 0.15) is 12.5 Å². The van der Waals surface area contributed by atoms with Gasteiger partial charge >= 0.3 is 0 Å². The highest BCUT2D eigenvalue weighted by Gasteiger charge is 2.33. The van der Waals surface area contributed by atoms with Gasteiger partial charge < -0.3 is 25.0 Å². The molecule has 0 bridgehead atoms. The minimum Gasteiger partial charge on any atom is -0.394 e. The molecule has 1 heterocycles. The second-order valence-corrected chi connectivity index (χ2v) is 4.44. The highest BCUT2D eigenvalue weighted by atomic mass is 16.7. The molecule has 5 heteroatoms. The van der Waals surface area contributed by atoms with Crippen molar-refractivity contribution in [2.45, 2.75) is 18.8 Å². The molecule has 1 atom stereocenters. The average molecular weight is 253 g/mol. The highest BCUT2D eigenvalue weighted by Crippen LogP contribution is 2.31. The number of aliphatic hydroxyl groups is 2. The summed E-state index contributed by atoms with van der Waals surface area (Å²) in [5.74, 6) is -0.687. The van der Waals surface area contributed by atoms with E-state index in [4.69, 9.17) is 14.6 Å². The molecule has 0 amide bonds. The Morgan fingerprint density at radius 3 is 2.78 bits per heavy atom. The zero-order chi connectivity index (χ0) is 13.0. The molecule has 1 unspecified atom stereocenters. The normalized spacial score (nSPS) is 19.7. The molecule has 18 heavy (non-hydrogen) atoms. The van der Waals surface area contributed by atoms with E-state index in [1.165, 1.54) is 0 Å². The van der Waals surface area contributed by atoms with Crippen LogP contribution in [-0.2, 0) is 15.3 Å². The fourth-order valence-corrected chi connectivity index (χ4v) is 1.89.